The van der Waals surface area contributed by atoms with Crippen LogP contribution in [0, 0.1) is 17.1 Å². The maximum absolute atomic E-state index is 13.2. The highest BCUT2D eigenvalue weighted by molar-refractivity contribution is 7.20. The van der Waals surface area contributed by atoms with Gasteiger partial charge in [-0.3, -0.25) is 4.98 Å². The quantitative estimate of drug-likeness (QED) is 0.619. The van der Waals surface area contributed by atoms with Crippen molar-refractivity contribution in [3.05, 3.63) is 65.0 Å². The van der Waals surface area contributed by atoms with Gasteiger partial charge < -0.3 is 0 Å². The molecule has 2 nitrogen and oxygen atoms in total. The van der Waals surface area contributed by atoms with Crippen LogP contribution in [0.2, 0.25) is 0 Å². The lowest BCUT2D eigenvalue weighted by Gasteiger charge is -2.01. The number of nitrogens with zero attached hydrogens (tertiary/aromatic N) is 2. The molecule has 3 aromatic rings. The molecule has 0 spiro atoms. The fraction of sp³-hybridized carbons (Fsp3) is 0. The van der Waals surface area contributed by atoms with Gasteiger partial charge in [0.15, 0.2) is 0 Å². The normalized spacial score (nSPS) is 12.0. The van der Waals surface area contributed by atoms with E-state index in [4.69, 9.17) is 11.6 Å². The predicted octanol–water partition coefficient (Wildman–Crippen LogP) is 5.07. The summed E-state index contributed by atoms with van der Waals surface area (Å²) in [5.41, 5.74) is 1.09. The topological polar surface area (TPSA) is 36.7 Å². The van der Waals surface area contributed by atoms with Crippen molar-refractivity contribution < 1.29 is 4.39 Å². The molecule has 0 aliphatic rings. The fourth-order valence-electron chi connectivity index (χ4n) is 2.00. The van der Waals surface area contributed by atoms with Gasteiger partial charge in [0.2, 0.25) is 0 Å². The first-order valence-electron chi connectivity index (χ1n) is 6.09. The van der Waals surface area contributed by atoms with Crippen molar-refractivity contribution in [3.63, 3.8) is 0 Å². The Balaban J connectivity index is 2.16. The average molecular weight is 315 g/mol. The van der Waals surface area contributed by atoms with Gasteiger partial charge in [-0.15, -0.1) is 11.3 Å². The number of rotatable bonds is 2. The molecule has 1 aromatic carbocycles. The van der Waals surface area contributed by atoms with Crippen LogP contribution in [-0.4, -0.2) is 4.98 Å². The number of pyridine rings is 1. The molecule has 0 aliphatic carbocycles. The van der Waals surface area contributed by atoms with Gasteiger partial charge in [-0.05, 0) is 41.3 Å². The molecule has 102 valence electrons. The monoisotopic (exact) mass is 314 g/mol. The second-order valence-corrected chi connectivity index (χ2v) is 5.79. The first-order chi connectivity index (χ1) is 10.2. The van der Waals surface area contributed by atoms with Crippen LogP contribution in [0.15, 0.2) is 48.8 Å². The van der Waals surface area contributed by atoms with E-state index in [0.29, 0.717) is 16.2 Å². The zero-order valence-electron chi connectivity index (χ0n) is 10.7. The van der Waals surface area contributed by atoms with Gasteiger partial charge in [0, 0.05) is 22.0 Å². The van der Waals surface area contributed by atoms with E-state index >= 15 is 0 Å². The van der Waals surface area contributed by atoms with Crippen molar-refractivity contribution >= 4 is 43.6 Å². The van der Waals surface area contributed by atoms with Crippen molar-refractivity contribution in [2.24, 2.45) is 0 Å². The predicted molar refractivity (Wildman–Crippen MR) is 84.3 cm³/mol. The maximum Gasteiger partial charge on any atom is 0.124 e. The van der Waals surface area contributed by atoms with E-state index in [0.717, 1.165) is 15.0 Å². The van der Waals surface area contributed by atoms with Crippen LogP contribution in [0.1, 0.15) is 10.4 Å². The van der Waals surface area contributed by atoms with Crippen LogP contribution < -0.4 is 0 Å². The number of hydrogen-bond acceptors (Lipinski definition) is 3. The molecular weight excluding hydrogens is 307 g/mol. The van der Waals surface area contributed by atoms with Crippen molar-refractivity contribution in [2.75, 3.05) is 0 Å². The molecule has 0 saturated carbocycles. The molecule has 0 saturated heterocycles. The number of nitriles is 1. The van der Waals surface area contributed by atoms with Gasteiger partial charge in [0.05, 0.1) is 10.6 Å². The molecular formula is C16H8ClFN2S. The molecule has 2 heterocycles. The van der Waals surface area contributed by atoms with E-state index in [-0.39, 0.29) is 5.82 Å². The Hall–Kier alpha value is -2.22. The molecule has 0 atom stereocenters. The molecule has 2 aromatic heterocycles. The smallest absolute Gasteiger partial charge is 0.124 e. The highest BCUT2D eigenvalue weighted by Crippen LogP contribution is 2.36. The molecule has 3 rings (SSSR count). The van der Waals surface area contributed by atoms with Crippen LogP contribution in [0.25, 0.3) is 20.7 Å². The third-order valence-corrected chi connectivity index (χ3v) is 4.62. The number of halogens is 2. The van der Waals surface area contributed by atoms with E-state index < -0.39 is 0 Å². The van der Waals surface area contributed by atoms with Crippen molar-refractivity contribution in [1.29, 1.82) is 5.26 Å². The second kappa shape index (κ2) is 5.65. The Kier molecular flexibility index (Phi) is 3.70. The van der Waals surface area contributed by atoms with Gasteiger partial charge in [-0.1, -0.05) is 17.7 Å². The Morgan fingerprint density at radius 1 is 1.19 bits per heavy atom. The van der Waals surface area contributed by atoms with Crippen molar-refractivity contribution in [3.8, 4) is 6.07 Å². The van der Waals surface area contributed by atoms with E-state index in [1.807, 2.05) is 6.07 Å². The summed E-state index contributed by atoms with van der Waals surface area (Å²) in [5, 5.41) is 10.6. The summed E-state index contributed by atoms with van der Waals surface area (Å²) >= 11 is 7.73. The molecule has 0 unspecified atom stereocenters. The SMILES string of the molecule is N#C/C(=C(\Cl)c1cc2ccc(F)cc2s1)c1ccncc1. The molecule has 0 bridgehead atoms. The minimum Gasteiger partial charge on any atom is -0.265 e. The van der Waals surface area contributed by atoms with Crippen molar-refractivity contribution in [2.45, 2.75) is 0 Å². The van der Waals surface area contributed by atoms with Gasteiger partial charge in [0.1, 0.15) is 11.9 Å². The highest BCUT2D eigenvalue weighted by Gasteiger charge is 2.12. The Labute approximate surface area is 129 Å². The first-order valence-corrected chi connectivity index (χ1v) is 7.28. The zero-order valence-corrected chi connectivity index (χ0v) is 12.2. The standard InChI is InChI=1S/C16H8ClFN2S/c17-16(13(9-19)10-3-5-20-6-4-10)15-7-11-1-2-12(18)8-14(11)21-15/h1-8H/b16-13+. The van der Waals surface area contributed by atoms with Gasteiger partial charge in [0.25, 0.3) is 0 Å². The molecule has 0 radical (unpaired) electrons. The summed E-state index contributed by atoms with van der Waals surface area (Å²) in [7, 11) is 0. The highest BCUT2D eigenvalue weighted by atomic mass is 35.5. The van der Waals surface area contributed by atoms with Crippen LogP contribution in [0.5, 0.6) is 0 Å². The molecule has 5 heteroatoms. The van der Waals surface area contributed by atoms with Crippen LogP contribution in [-0.2, 0) is 0 Å². The Bertz CT molecular complexity index is 878. The average Bonchev–Trinajstić information content (AvgIpc) is 2.92. The maximum atomic E-state index is 13.2. The zero-order chi connectivity index (χ0) is 14.8. The van der Waals surface area contributed by atoms with Crippen molar-refractivity contribution in [1.82, 2.24) is 4.98 Å². The third kappa shape index (κ3) is 2.66. The fourth-order valence-corrected chi connectivity index (χ4v) is 3.35. The summed E-state index contributed by atoms with van der Waals surface area (Å²) in [4.78, 5) is 4.67. The minimum atomic E-state index is -0.286. The lowest BCUT2D eigenvalue weighted by molar-refractivity contribution is 0.630. The number of allylic oxidation sites excluding steroid dienone is 1. The number of fused-ring (bicyclic) bond motifs is 1. The molecule has 21 heavy (non-hydrogen) atoms. The molecule has 0 amide bonds. The third-order valence-electron chi connectivity index (χ3n) is 3.00. The van der Waals surface area contributed by atoms with Crippen LogP contribution in [0.3, 0.4) is 0 Å². The van der Waals surface area contributed by atoms with Crippen LogP contribution >= 0.6 is 22.9 Å². The summed E-state index contributed by atoms with van der Waals surface area (Å²) in [6.45, 7) is 0. The molecule has 0 fully saturated rings. The van der Waals surface area contributed by atoms with Gasteiger partial charge in [-0.25, -0.2) is 4.39 Å². The minimum absolute atomic E-state index is 0.286. The van der Waals surface area contributed by atoms with Crippen LogP contribution in [0.4, 0.5) is 4.39 Å². The van der Waals surface area contributed by atoms with E-state index in [1.165, 1.54) is 23.5 Å². The Morgan fingerprint density at radius 3 is 2.67 bits per heavy atom. The first kappa shape index (κ1) is 13.7. The summed E-state index contributed by atoms with van der Waals surface area (Å²) in [6, 6.07) is 12.0. The Morgan fingerprint density at radius 2 is 1.95 bits per heavy atom. The number of aromatic nitrogens is 1. The number of thiophene rings is 1. The lowest BCUT2D eigenvalue weighted by Crippen LogP contribution is -1.84. The van der Waals surface area contributed by atoms with Gasteiger partial charge >= 0.3 is 0 Å². The largest absolute Gasteiger partial charge is 0.265 e. The lowest BCUT2D eigenvalue weighted by atomic mass is 10.1. The second-order valence-electron chi connectivity index (χ2n) is 4.33. The summed E-state index contributed by atoms with van der Waals surface area (Å²) < 4.78 is 14.0. The number of benzene rings is 1. The number of hydrogen-bond donors (Lipinski definition) is 0. The summed E-state index contributed by atoms with van der Waals surface area (Å²) in [6.07, 6.45) is 3.22. The molecule has 0 N–H and O–H groups in total. The van der Waals surface area contributed by atoms with E-state index in [9.17, 15) is 9.65 Å². The van der Waals surface area contributed by atoms with E-state index in [2.05, 4.69) is 11.1 Å². The molecule has 0 aliphatic heterocycles. The summed E-state index contributed by atoms with van der Waals surface area (Å²) in [5.74, 6) is -0.286. The van der Waals surface area contributed by atoms with E-state index in [1.54, 1.807) is 30.6 Å². The van der Waals surface area contributed by atoms with Gasteiger partial charge in [-0.2, -0.15) is 5.26 Å².